The molecule has 0 saturated carbocycles. The van der Waals surface area contributed by atoms with Gasteiger partial charge in [0.1, 0.15) is 0 Å². The number of hydrogen-bond acceptors (Lipinski definition) is 3. The van der Waals surface area contributed by atoms with E-state index in [2.05, 4.69) is 5.32 Å². The van der Waals surface area contributed by atoms with Crippen molar-refractivity contribution >= 4 is 17.5 Å². The maximum Gasteiger partial charge on any atom is 0.316 e. The fourth-order valence-corrected chi connectivity index (χ4v) is 2.05. The highest BCUT2D eigenvalue weighted by Gasteiger charge is 2.21. The van der Waals surface area contributed by atoms with Crippen LogP contribution in [0.5, 0.6) is 0 Å². The number of nitrogens with one attached hydrogen (secondary N) is 1. The maximum atomic E-state index is 12.2. The molecule has 5 nitrogen and oxygen atoms in total. The average Bonchev–Trinajstić information content (AvgIpc) is 2.47. The number of unbranched alkanes of at least 4 members (excludes halogenated alkanes) is 2. The third kappa shape index (κ3) is 5.55. The van der Waals surface area contributed by atoms with Crippen LogP contribution in [0.15, 0.2) is 24.3 Å². The van der Waals surface area contributed by atoms with E-state index in [1.165, 1.54) is 4.90 Å². The molecule has 0 saturated heterocycles. The second kappa shape index (κ2) is 9.13. The van der Waals surface area contributed by atoms with Gasteiger partial charge in [0.25, 0.3) is 0 Å². The number of benzene rings is 1. The summed E-state index contributed by atoms with van der Waals surface area (Å²) < 4.78 is 0. The van der Waals surface area contributed by atoms with Gasteiger partial charge < -0.3 is 15.3 Å². The number of rotatable bonds is 7. The molecule has 0 atom stereocenters. The highest BCUT2D eigenvalue weighted by Crippen LogP contribution is 2.15. The van der Waals surface area contributed by atoms with Crippen LogP contribution in [0.25, 0.3) is 0 Å². The van der Waals surface area contributed by atoms with Crippen LogP contribution in [0.4, 0.5) is 5.69 Å². The smallest absolute Gasteiger partial charge is 0.316 e. The quantitative estimate of drug-likeness (QED) is 0.593. The van der Waals surface area contributed by atoms with Gasteiger partial charge in [-0.2, -0.15) is 0 Å². The standard InChI is InChI=1S/C16H24N2O3/c1-3-18(14-9-7-8-13(2)12-14)16(21)15(20)17-10-5-4-6-11-19/h7-9,12,19H,3-6,10-11H2,1-2H3,(H,17,20). The van der Waals surface area contributed by atoms with Gasteiger partial charge in [-0.1, -0.05) is 12.1 Å². The van der Waals surface area contributed by atoms with Crippen molar-refractivity contribution in [1.82, 2.24) is 5.32 Å². The van der Waals surface area contributed by atoms with E-state index in [1.807, 2.05) is 38.1 Å². The number of amides is 2. The summed E-state index contributed by atoms with van der Waals surface area (Å²) in [6.07, 6.45) is 2.31. The van der Waals surface area contributed by atoms with Crippen molar-refractivity contribution in [3.63, 3.8) is 0 Å². The fraction of sp³-hybridized carbons (Fsp3) is 0.500. The fourth-order valence-electron chi connectivity index (χ4n) is 2.05. The molecule has 0 aliphatic rings. The van der Waals surface area contributed by atoms with Gasteiger partial charge in [0.15, 0.2) is 0 Å². The van der Waals surface area contributed by atoms with Gasteiger partial charge in [0.05, 0.1) is 0 Å². The van der Waals surface area contributed by atoms with E-state index in [4.69, 9.17) is 5.11 Å². The maximum absolute atomic E-state index is 12.2. The molecule has 0 heterocycles. The highest BCUT2D eigenvalue weighted by atomic mass is 16.3. The Morgan fingerprint density at radius 3 is 2.62 bits per heavy atom. The van der Waals surface area contributed by atoms with E-state index in [9.17, 15) is 9.59 Å². The molecule has 0 bridgehead atoms. The largest absolute Gasteiger partial charge is 0.396 e. The van der Waals surface area contributed by atoms with Crippen molar-refractivity contribution in [3.05, 3.63) is 29.8 Å². The van der Waals surface area contributed by atoms with Gasteiger partial charge in [-0.3, -0.25) is 9.59 Å². The Morgan fingerprint density at radius 2 is 2.00 bits per heavy atom. The molecule has 0 aliphatic heterocycles. The van der Waals surface area contributed by atoms with Gasteiger partial charge in [0, 0.05) is 25.4 Å². The van der Waals surface area contributed by atoms with Crippen LogP contribution in [-0.4, -0.2) is 36.6 Å². The predicted molar refractivity (Wildman–Crippen MR) is 83.2 cm³/mol. The molecule has 0 spiro atoms. The molecule has 2 amide bonds. The van der Waals surface area contributed by atoms with Crippen molar-refractivity contribution < 1.29 is 14.7 Å². The zero-order valence-electron chi connectivity index (χ0n) is 12.8. The van der Waals surface area contributed by atoms with Crippen molar-refractivity contribution in [2.45, 2.75) is 33.1 Å². The van der Waals surface area contributed by atoms with E-state index in [1.54, 1.807) is 0 Å². The molecule has 1 aromatic rings. The molecule has 1 rings (SSSR count). The minimum atomic E-state index is -0.581. The molecule has 116 valence electrons. The lowest BCUT2D eigenvalue weighted by molar-refractivity contribution is -0.137. The topological polar surface area (TPSA) is 69.6 Å². The Kier molecular flexibility index (Phi) is 7.46. The Labute approximate surface area is 126 Å². The normalized spacial score (nSPS) is 10.2. The second-order valence-electron chi connectivity index (χ2n) is 4.93. The van der Waals surface area contributed by atoms with Crippen molar-refractivity contribution in [2.24, 2.45) is 0 Å². The van der Waals surface area contributed by atoms with Gasteiger partial charge >= 0.3 is 11.8 Å². The monoisotopic (exact) mass is 292 g/mol. The van der Waals surface area contributed by atoms with Crippen molar-refractivity contribution in [2.75, 3.05) is 24.6 Å². The Balaban J connectivity index is 2.56. The zero-order valence-corrected chi connectivity index (χ0v) is 12.8. The molecular weight excluding hydrogens is 268 g/mol. The summed E-state index contributed by atoms with van der Waals surface area (Å²) >= 11 is 0. The lowest BCUT2D eigenvalue weighted by Gasteiger charge is -2.20. The van der Waals surface area contributed by atoms with Crippen molar-refractivity contribution in [3.8, 4) is 0 Å². The van der Waals surface area contributed by atoms with E-state index in [0.29, 0.717) is 19.5 Å². The summed E-state index contributed by atoms with van der Waals surface area (Å²) in [5.74, 6) is -1.12. The Bertz CT molecular complexity index is 474. The number of hydrogen-bond donors (Lipinski definition) is 2. The SMILES string of the molecule is CCN(C(=O)C(=O)NCCCCCO)c1cccc(C)c1. The van der Waals surface area contributed by atoms with Gasteiger partial charge in [0.2, 0.25) is 0 Å². The molecule has 1 aromatic carbocycles. The third-order valence-electron chi connectivity index (χ3n) is 3.19. The zero-order chi connectivity index (χ0) is 15.7. The number of likely N-dealkylation sites (N-methyl/N-ethyl adjacent to an activating group) is 1. The van der Waals surface area contributed by atoms with Crippen LogP contribution >= 0.6 is 0 Å². The number of carbonyl (C=O) groups is 2. The van der Waals surface area contributed by atoms with Crippen LogP contribution in [0.3, 0.4) is 0 Å². The minimum Gasteiger partial charge on any atom is -0.396 e. The van der Waals surface area contributed by atoms with E-state index in [0.717, 1.165) is 24.1 Å². The molecule has 0 aromatic heterocycles. The van der Waals surface area contributed by atoms with E-state index >= 15 is 0 Å². The number of aliphatic hydroxyl groups excluding tert-OH is 1. The molecule has 2 N–H and O–H groups in total. The first kappa shape index (κ1) is 17.2. The number of aryl methyl sites for hydroxylation is 1. The van der Waals surface area contributed by atoms with Crippen LogP contribution < -0.4 is 10.2 Å². The molecule has 0 unspecified atom stereocenters. The molecular formula is C16H24N2O3. The third-order valence-corrected chi connectivity index (χ3v) is 3.19. The summed E-state index contributed by atoms with van der Waals surface area (Å²) in [7, 11) is 0. The van der Waals surface area contributed by atoms with Gasteiger partial charge in [-0.25, -0.2) is 0 Å². The first-order valence-electron chi connectivity index (χ1n) is 7.37. The van der Waals surface area contributed by atoms with E-state index in [-0.39, 0.29) is 6.61 Å². The number of aliphatic hydroxyl groups is 1. The first-order valence-corrected chi connectivity index (χ1v) is 7.37. The first-order chi connectivity index (χ1) is 10.1. The van der Waals surface area contributed by atoms with Crippen LogP contribution in [0, 0.1) is 6.92 Å². The summed E-state index contributed by atoms with van der Waals surface area (Å²) in [4.78, 5) is 25.5. The van der Waals surface area contributed by atoms with Gasteiger partial charge in [-0.05, 0) is 50.8 Å². The minimum absolute atomic E-state index is 0.157. The number of anilines is 1. The Hall–Kier alpha value is -1.88. The lowest BCUT2D eigenvalue weighted by Crippen LogP contribution is -2.43. The highest BCUT2D eigenvalue weighted by molar-refractivity contribution is 6.40. The van der Waals surface area contributed by atoms with Crippen LogP contribution in [0.1, 0.15) is 31.7 Å². The summed E-state index contributed by atoms with van der Waals surface area (Å²) in [6.45, 7) is 4.85. The summed E-state index contributed by atoms with van der Waals surface area (Å²) in [6, 6.07) is 7.52. The number of nitrogens with zero attached hydrogens (tertiary/aromatic N) is 1. The molecule has 5 heteroatoms. The summed E-state index contributed by atoms with van der Waals surface area (Å²) in [5, 5.41) is 11.3. The molecule has 0 aliphatic carbocycles. The second-order valence-corrected chi connectivity index (χ2v) is 4.93. The van der Waals surface area contributed by atoms with E-state index < -0.39 is 11.8 Å². The predicted octanol–water partition coefficient (Wildman–Crippen LogP) is 1.63. The Morgan fingerprint density at radius 1 is 1.24 bits per heavy atom. The summed E-state index contributed by atoms with van der Waals surface area (Å²) in [5.41, 5.74) is 1.78. The molecule has 0 radical (unpaired) electrons. The molecule has 21 heavy (non-hydrogen) atoms. The van der Waals surface area contributed by atoms with Crippen LogP contribution in [-0.2, 0) is 9.59 Å². The average molecular weight is 292 g/mol. The van der Waals surface area contributed by atoms with Crippen molar-refractivity contribution in [1.29, 1.82) is 0 Å². The number of carbonyl (C=O) groups excluding carboxylic acids is 2. The van der Waals surface area contributed by atoms with Gasteiger partial charge in [-0.15, -0.1) is 0 Å². The lowest BCUT2D eigenvalue weighted by atomic mass is 10.2. The van der Waals surface area contributed by atoms with Crippen LogP contribution in [0.2, 0.25) is 0 Å². The molecule has 0 fully saturated rings.